The third kappa shape index (κ3) is 1.62. The van der Waals surface area contributed by atoms with E-state index in [1.54, 1.807) is 11.3 Å². The van der Waals surface area contributed by atoms with Crippen molar-refractivity contribution in [3.8, 4) is 5.75 Å². The first-order chi connectivity index (χ1) is 6.11. The van der Waals surface area contributed by atoms with Gasteiger partial charge in [-0.25, -0.2) is 0 Å². The molecule has 0 fully saturated rings. The summed E-state index contributed by atoms with van der Waals surface area (Å²) in [4.78, 5) is 2.35. The van der Waals surface area contributed by atoms with Crippen molar-refractivity contribution in [3.05, 3.63) is 21.9 Å². The van der Waals surface area contributed by atoms with Gasteiger partial charge in [-0.3, -0.25) is 0 Å². The number of rotatable bonds is 1. The van der Waals surface area contributed by atoms with Crippen molar-refractivity contribution in [1.82, 2.24) is 0 Å². The average Bonchev–Trinajstić information content (AvgIpc) is 2.44. The predicted octanol–water partition coefficient (Wildman–Crippen LogP) is 2.39. The zero-order valence-electron chi connectivity index (χ0n) is 7.83. The van der Waals surface area contributed by atoms with Crippen LogP contribution in [0.25, 0.3) is 6.08 Å². The SMILES string of the molecule is CC1(C)C=Cc2sc(CN)cc2O1. The van der Waals surface area contributed by atoms with Crippen LogP contribution < -0.4 is 10.5 Å². The zero-order chi connectivity index (χ0) is 9.47. The molecule has 1 aliphatic heterocycles. The molecule has 0 atom stereocenters. The van der Waals surface area contributed by atoms with Gasteiger partial charge in [0.15, 0.2) is 0 Å². The third-order valence-electron chi connectivity index (χ3n) is 1.99. The summed E-state index contributed by atoms with van der Waals surface area (Å²) in [5, 5.41) is 0. The number of thiophene rings is 1. The fourth-order valence-corrected chi connectivity index (χ4v) is 2.20. The van der Waals surface area contributed by atoms with E-state index in [0.717, 1.165) is 5.75 Å². The van der Waals surface area contributed by atoms with Crippen LogP contribution in [0.2, 0.25) is 0 Å². The normalized spacial score (nSPS) is 18.1. The summed E-state index contributed by atoms with van der Waals surface area (Å²) in [5.74, 6) is 0.970. The van der Waals surface area contributed by atoms with Crippen molar-refractivity contribution in [3.63, 3.8) is 0 Å². The maximum atomic E-state index is 5.77. The minimum Gasteiger partial charge on any atom is -0.482 e. The lowest BCUT2D eigenvalue weighted by Gasteiger charge is -2.25. The Morgan fingerprint density at radius 2 is 2.31 bits per heavy atom. The lowest BCUT2D eigenvalue weighted by molar-refractivity contribution is 0.160. The number of hydrogen-bond donors (Lipinski definition) is 1. The van der Waals surface area contributed by atoms with Gasteiger partial charge in [-0.05, 0) is 32.1 Å². The first-order valence-electron chi connectivity index (χ1n) is 4.32. The van der Waals surface area contributed by atoms with Crippen LogP contribution in [0.5, 0.6) is 5.75 Å². The van der Waals surface area contributed by atoms with E-state index < -0.39 is 0 Å². The molecule has 3 heteroatoms. The van der Waals surface area contributed by atoms with Crippen molar-refractivity contribution < 1.29 is 4.74 Å². The molecule has 2 rings (SSSR count). The van der Waals surface area contributed by atoms with Crippen LogP contribution in [0.3, 0.4) is 0 Å². The molecule has 0 saturated carbocycles. The lowest BCUT2D eigenvalue weighted by atomic mass is 10.1. The minimum absolute atomic E-state index is 0.181. The highest BCUT2D eigenvalue weighted by atomic mass is 32.1. The van der Waals surface area contributed by atoms with Gasteiger partial charge in [0.05, 0.1) is 4.88 Å². The van der Waals surface area contributed by atoms with E-state index in [0.29, 0.717) is 6.54 Å². The van der Waals surface area contributed by atoms with E-state index >= 15 is 0 Å². The van der Waals surface area contributed by atoms with Gasteiger partial charge in [0, 0.05) is 11.4 Å². The average molecular weight is 195 g/mol. The maximum absolute atomic E-state index is 5.77. The third-order valence-corrected chi connectivity index (χ3v) is 3.09. The molecule has 2 heterocycles. The van der Waals surface area contributed by atoms with Gasteiger partial charge in [-0.15, -0.1) is 11.3 Å². The Kier molecular flexibility index (Phi) is 1.93. The van der Waals surface area contributed by atoms with Crippen LogP contribution >= 0.6 is 11.3 Å². The quantitative estimate of drug-likeness (QED) is 0.746. The second-order valence-electron chi connectivity index (χ2n) is 3.68. The number of nitrogens with two attached hydrogens (primary N) is 1. The van der Waals surface area contributed by atoms with E-state index in [-0.39, 0.29) is 5.60 Å². The van der Waals surface area contributed by atoms with Crippen LogP contribution in [0, 0.1) is 0 Å². The molecule has 0 unspecified atom stereocenters. The van der Waals surface area contributed by atoms with Gasteiger partial charge in [0.25, 0.3) is 0 Å². The number of ether oxygens (including phenoxy) is 1. The van der Waals surface area contributed by atoms with Gasteiger partial charge in [-0.1, -0.05) is 0 Å². The van der Waals surface area contributed by atoms with Crippen LogP contribution in [-0.4, -0.2) is 5.60 Å². The largest absolute Gasteiger partial charge is 0.482 e. The Bertz CT molecular complexity index is 352. The van der Waals surface area contributed by atoms with Gasteiger partial charge in [0.1, 0.15) is 11.4 Å². The molecule has 0 spiro atoms. The summed E-state index contributed by atoms with van der Waals surface area (Å²) in [6, 6.07) is 2.03. The lowest BCUT2D eigenvalue weighted by Crippen LogP contribution is -2.26. The summed E-state index contributed by atoms with van der Waals surface area (Å²) >= 11 is 1.70. The Balaban J connectivity index is 2.38. The Labute approximate surface area is 82.0 Å². The highest BCUT2D eigenvalue weighted by molar-refractivity contribution is 7.13. The summed E-state index contributed by atoms with van der Waals surface area (Å²) < 4.78 is 5.77. The molecule has 0 saturated heterocycles. The highest BCUT2D eigenvalue weighted by Crippen LogP contribution is 2.36. The van der Waals surface area contributed by atoms with Crippen molar-refractivity contribution in [2.45, 2.75) is 26.0 Å². The van der Waals surface area contributed by atoms with Crippen LogP contribution in [-0.2, 0) is 6.54 Å². The minimum atomic E-state index is -0.181. The Morgan fingerprint density at radius 1 is 1.54 bits per heavy atom. The molecular formula is C10H13NOS. The molecule has 1 aromatic heterocycles. The van der Waals surface area contributed by atoms with Gasteiger partial charge >= 0.3 is 0 Å². The van der Waals surface area contributed by atoms with Gasteiger partial charge in [-0.2, -0.15) is 0 Å². The van der Waals surface area contributed by atoms with Gasteiger partial charge in [0.2, 0.25) is 0 Å². The Morgan fingerprint density at radius 3 is 3.00 bits per heavy atom. The van der Waals surface area contributed by atoms with Gasteiger partial charge < -0.3 is 10.5 Å². The number of fused-ring (bicyclic) bond motifs is 1. The van der Waals surface area contributed by atoms with E-state index in [4.69, 9.17) is 10.5 Å². The molecule has 0 amide bonds. The first-order valence-corrected chi connectivity index (χ1v) is 5.13. The van der Waals surface area contributed by atoms with E-state index in [2.05, 4.69) is 12.2 Å². The molecule has 0 radical (unpaired) electrons. The number of hydrogen-bond acceptors (Lipinski definition) is 3. The molecule has 1 aromatic rings. The van der Waals surface area contributed by atoms with E-state index in [9.17, 15) is 0 Å². The van der Waals surface area contributed by atoms with Crippen LogP contribution in [0.1, 0.15) is 23.6 Å². The van der Waals surface area contributed by atoms with E-state index in [1.165, 1.54) is 9.75 Å². The fraction of sp³-hybridized carbons (Fsp3) is 0.400. The molecule has 0 bridgehead atoms. The molecule has 0 aromatic carbocycles. The van der Waals surface area contributed by atoms with Crippen molar-refractivity contribution in [1.29, 1.82) is 0 Å². The molecule has 0 aliphatic carbocycles. The summed E-state index contributed by atoms with van der Waals surface area (Å²) in [6.45, 7) is 4.69. The predicted molar refractivity (Wildman–Crippen MR) is 56.0 cm³/mol. The second-order valence-corrected chi connectivity index (χ2v) is 4.85. The van der Waals surface area contributed by atoms with Crippen molar-refractivity contribution >= 4 is 17.4 Å². The molecule has 2 nitrogen and oxygen atoms in total. The topological polar surface area (TPSA) is 35.2 Å². The molecular weight excluding hydrogens is 182 g/mol. The van der Waals surface area contributed by atoms with Crippen molar-refractivity contribution in [2.75, 3.05) is 0 Å². The summed E-state index contributed by atoms with van der Waals surface area (Å²) in [6.07, 6.45) is 4.19. The monoisotopic (exact) mass is 195 g/mol. The molecule has 13 heavy (non-hydrogen) atoms. The van der Waals surface area contributed by atoms with Crippen LogP contribution in [0.15, 0.2) is 12.1 Å². The van der Waals surface area contributed by atoms with Crippen molar-refractivity contribution in [2.24, 2.45) is 5.73 Å². The molecule has 70 valence electrons. The summed E-state index contributed by atoms with van der Waals surface area (Å²) in [5.41, 5.74) is 5.38. The van der Waals surface area contributed by atoms with E-state index in [1.807, 2.05) is 19.9 Å². The highest BCUT2D eigenvalue weighted by Gasteiger charge is 2.22. The van der Waals surface area contributed by atoms with Crippen LogP contribution in [0.4, 0.5) is 0 Å². The zero-order valence-corrected chi connectivity index (χ0v) is 8.65. The maximum Gasteiger partial charge on any atom is 0.138 e. The molecule has 1 aliphatic rings. The fourth-order valence-electron chi connectivity index (χ4n) is 1.33. The smallest absolute Gasteiger partial charge is 0.138 e. The standard InChI is InChI=1S/C10H13NOS/c1-10(2)4-3-9-8(12-10)5-7(6-11)13-9/h3-5H,6,11H2,1-2H3. The molecule has 2 N–H and O–H groups in total. The Hall–Kier alpha value is -0.800. The summed E-state index contributed by atoms with van der Waals surface area (Å²) in [7, 11) is 0. The second kappa shape index (κ2) is 2.86. The first kappa shape index (κ1) is 8.78.